The molecule has 7 nitrogen and oxygen atoms in total. The van der Waals surface area contributed by atoms with Crippen LogP contribution in [0.1, 0.15) is 5.56 Å². The molecule has 0 saturated carbocycles. The quantitative estimate of drug-likeness (QED) is 0.426. The second-order valence-corrected chi connectivity index (χ2v) is 4.88. The molecule has 7 heteroatoms. The van der Waals surface area contributed by atoms with Crippen LogP contribution in [-0.4, -0.2) is 33.4 Å². The molecule has 0 aromatic heterocycles. The maximum Gasteiger partial charge on any atom is 0.326 e. The molecule has 1 unspecified atom stereocenters. The first-order chi connectivity index (χ1) is 11.0. The van der Waals surface area contributed by atoms with Gasteiger partial charge in [-0.15, -0.1) is 0 Å². The molecule has 0 saturated heterocycles. The summed E-state index contributed by atoms with van der Waals surface area (Å²) < 4.78 is 0. The molecular weight excluding hydrogens is 300 g/mol. The Labute approximate surface area is 132 Å². The summed E-state index contributed by atoms with van der Waals surface area (Å²) in [5, 5.41) is 32.7. The van der Waals surface area contributed by atoms with Gasteiger partial charge < -0.3 is 26.0 Å². The number of rotatable bonds is 5. The minimum absolute atomic E-state index is 0.0594. The number of aromatic hydroxyl groups is 2. The molecule has 1 atom stereocenters. The average molecular weight is 316 g/mol. The van der Waals surface area contributed by atoms with Crippen molar-refractivity contribution in [3.8, 4) is 11.5 Å². The number of phenols is 2. The maximum atomic E-state index is 11.9. The van der Waals surface area contributed by atoms with Crippen LogP contribution in [0.25, 0.3) is 0 Å². The Morgan fingerprint density at radius 2 is 1.74 bits per heavy atom. The van der Waals surface area contributed by atoms with Crippen LogP contribution < -0.4 is 10.6 Å². The van der Waals surface area contributed by atoms with Gasteiger partial charge in [-0.3, -0.25) is 0 Å². The summed E-state index contributed by atoms with van der Waals surface area (Å²) in [6.07, 6.45) is 0.130. The molecule has 2 rings (SSSR count). The third kappa shape index (κ3) is 4.63. The largest absolute Gasteiger partial charge is 0.508 e. The lowest BCUT2D eigenvalue weighted by Gasteiger charge is -2.15. The Morgan fingerprint density at radius 3 is 2.35 bits per heavy atom. The fourth-order valence-corrected chi connectivity index (χ4v) is 1.99. The number of hydrogen-bond acceptors (Lipinski definition) is 4. The molecule has 0 aliphatic heterocycles. The zero-order valence-corrected chi connectivity index (χ0v) is 12.1. The summed E-state index contributed by atoms with van der Waals surface area (Å²) in [7, 11) is 0. The summed E-state index contributed by atoms with van der Waals surface area (Å²) >= 11 is 0. The van der Waals surface area contributed by atoms with Crippen LogP contribution in [0.4, 0.5) is 10.5 Å². The zero-order valence-electron chi connectivity index (χ0n) is 12.1. The van der Waals surface area contributed by atoms with Crippen molar-refractivity contribution >= 4 is 17.7 Å². The molecule has 0 fully saturated rings. The Balaban J connectivity index is 2.02. The first kappa shape index (κ1) is 16.2. The van der Waals surface area contributed by atoms with Crippen molar-refractivity contribution in [2.45, 2.75) is 12.5 Å². The predicted octanol–water partition coefficient (Wildman–Crippen LogP) is 1.92. The fraction of sp³-hybridized carbons (Fsp3) is 0.125. The van der Waals surface area contributed by atoms with Gasteiger partial charge in [0.1, 0.15) is 17.5 Å². The lowest BCUT2D eigenvalue weighted by Crippen LogP contribution is -2.44. The molecule has 0 bridgehead atoms. The van der Waals surface area contributed by atoms with Crippen molar-refractivity contribution in [2.24, 2.45) is 0 Å². The van der Waals surface area contributed by atoms with Gasteiger partial charge >= 0.3 is 12.0 Å². The topological polar surface area (TPSA) is 119 Å². The molecule has 2 amide bonds. The Bertz CT molecular complexity index is 703. The molecule has 23 heavy (non-hydrogen) atoms. The first-order valence-corrected chi connectivity index (χ1v) is 6.82. The Hall–Kier alpha value is -3.22. The van der Waals surface area contributed by atoms with Gasteiger partial charge in [0.05, 0.1) is 5.69 Å². The summed E-state index contributed by atoms with van der Waals surface area (Å²) in [5.41, 5.74) is 0.830. The van der Waals surface area contributed by atoms with Gasteiger partial charge in [0.25, 0.3) is 0 Å². The molecule has 0 radical (unpaired) electrons. The first-order valence-electron chi connectivity index (χ1n) is 6.82. The van der Waals surface area contributed by atoms with Crippen LogP contribution in [-0.2, 0) is 11.2 Å². The van der Waals surface area contributed by atoms with Crippen molar-refractivity contribution < 1.29 is 24.9 Å². The lowest BCUT2D eigenvalue weighted by atomic mass is 10.1. The number of carbonyl (C=O) groups is 2. The van der Waals surface area contributed by atoms with Crippen molar-refractivity contribution in [3.05, 3.63) is 54.1 Å². The number of carboxylic acid groups (broad SMARTS) is 1. The van der Waals surface area contributed by atoms with Gasteiger partial charge in [0, 0.05) is 12.5 Å². The smallest absolute Gasteiger partial charge is 0.326 e. The van der Waals surface area contributed by atoms with E-state index in [-0.39, 0.29) is 23.6 Å². The second kappa shape index (κ2) is 7.17. The number of aliphatic carboxylic acids is 1. The van der Waals surface area contributed by atoms with E-state index in [1.54, 1.807) is 24.3 Å². The third-order valence-electron chi connectivity index (χ3n) is 3.12. The van der Waals surface area contributed by atoms with E-state index in [0.29, 0.717) is 0 Å². The third-order valence-corrected chi connectivity index (χ3v) is 3.12. The molecule has 0 heterocycles. The number of carbonyl (C=O) groups excluding carboxylic acids is 1. The van der Waals surface area contributed by atoms with Gasteiger partial charge in [-0.1, -0.05) is 30.3 Å². The van der Waals surface area contributed by atoms with Crippen LogP contribution in [0.5, 0.6) is 11.5 Å². The number of carboxylic acids is 1. The van der Waals surface area contributed by atoms with Crippen LogP contribution in [0.3, 0.4) is 0 Å². The fourth-order valence-electron chi connectivity index (χ4n) is 1.99. The van der Waals surface area contributed by atoms with Gasteiger partial charge in [0.2, 0.25) is 0 Å². The zero-order chi connectivity index (χ0) is 16.8. The lowest BCUT2D eigenvalue weighted by molar-refractivity contribution is -0.139. The van der Waals surface area contributed by atoms with Crippen LogP contribution in [0.2, 0.25) is 0 Å². The highest BCUT2D eigenvalue weighted by molar-refractivity contribution is 5.93. The number of hydrogen-bond donors (Lipinski definition) is 5. The molecular formula is C16H16N2O5. The maximum absolute atomic E-state index is 11.9. The molecule has 0 spiro atoms. The molecule has 120 valence electrons. The van der Waals surface area contributed by atoms with Crippen LogP contribution >= 0.6 is 0 Å². The Kier molecular flexibility index (Phi) is 5.03. The van der Waals surface area contributed by atoms with Crippen LogP contribution in [0, 0.1) is 0 Å². The summed E-state index contributed by atoms with van der Waals surface area (Å²) in [6.45, 7) is 0. The molecule has 2 aromatic carbocycles. The van der Waals surface area contributed by atoms with E-state index in [2.05, 4.69) is 10.6 Å². The normalized spacial score (nSPS) is 11.5. The van der Waals surface area contributed by atoms with Crippen LogP contribution in [0.15, 0.2) is 48.5 Å². The summed E-state index contributed by atoms with van der Waals surface area (Å²) in [6, 6.07) is 10.7. The number of anilines is 1. The number of amides is 2. The second-order valence-electron chi connectivity index (χ2n) is 4.88. The van der Waals surface area contributed by atoms with Crippen molar-refractivity contribution in [3.63, 3.8) is 0 Å². The van der Waals surface area contributed by atoms with E-state index in [0.717, 1.165) is 11.6 Å². The van der Waals surface area contributed by atoms with Gasteiger partial charge in [-0.05, 0) is 17.7 Å². The standard InChI is InChI=1S/C16H16N2O5/c19-11-6-7-12(14(20)9-11)17-16(23)18-13(15(21)22)8-10-4-2-1-3-5-10/h1-7,9,13,19-20H,8H2,(H,21,22)(H2,17,18,23). The van der Waals surface area contributed by atoms with Gasteiger partial charge in [-0.2, -0.15) is 0 Å². The molecule has 5 N–H and O–H groups in total. The van der Waals surface area contributed by atoms with Crippen molar-refractivity contribution in [2.75, 3.05) is 5.32 Å². The summed E-state index contributed by atoms with van der Waals surface area (Å²) in [5.74, 6) is -1.64. The highest BCUT2D eigenvalue weighted by atomic mass is 16.4. The SMILES string of the molecule is O=C(Nc1ccc(O)cc1O)NC(Cc1ccccc1)C(=O)O. The number of benzene rings is 2. The van der Waals surface area contributed by atoms with E-state index in [1.165, 1.54) is 12.1 Å². The van der Waals surface area contributed by atoms with Gasteiger partial charge in [0.15, 0.2) is 0 Å². The van der Waals surface area contributed by atoms with E-state index in [1.807, 2.05) is 6.07 Å². The summed E-state index contributed by atoms with van der Waals surface area (Å²) in [4.78, 5) is 23.2. The minimum atomic E-state index is -1.17. The molecule has 0 aliphatic rings. The van der Waals surface area contributed by atoms with E-state index in [4.69, 9.17) is 0 Å². The van der Waals surface area contributed by atoms with E-state index >= 15 is 0 Å². The minimum Gasteiger partial charge on any atom is -0.508 e. The Morgan fingerprint density at radius 1 is 1.04 bits per heavy atom. The van der Waals surface area contributed by atoms with E-state index in [9.17, 15) is 24.9 Å². The number of phenolic OH excluding ortho intramolecular Hbond substituents is 2. The highest BCUT2D eigenvalue weighted by Crippen LogP contribution is 2.26. The van der Waals surface area contributed by atoms with E-state index < -0.39 is 18.0 Å². The predicted molar refractivity (Wildman–Crippen MR) is 83.5 cm³/mol. The monoisotopic (exact) mass is 316 g/mol. The van der Waals surface area contributed by atoms with Gasteiger partial charge in [-0.25, -0.2) is 9.59 Å². The van der Waals surface area contributed by atoms with Crippen molar-refractivity contribution in [1.82, 2.24) is 5.32 Å². The number of nitrogens with one attached hydrogen (secondary N) is 2. The number of urea groups is 1. The highest BCUT2D eigenvalue weighted by Gasteiger charge is 2.20. The molecule has 2 aromatic rings. The van der Waals surface area contributed by atoms with Crippen molar-refractivity contribution in [1.29, 1.82) is 0 Å². The average Bonchev–Trinajstić information content (AvgIpc) is 2.50. The molecule has 0 aliphatic carbocycles.